The fourth-order valence-corrected chi connectivity index (χ4v) is 2.58. The molecule has 0 saturated carbocycles. The van der Waals surface area contributed by atoms with Crippen LogP contribution in [-0.4, -0.2) is 24.1 Å². The number of benzene rings is 1. The average molecular weight is 344 g/mol. The number of carbonyl (C=O) groups is 1. The van der Waals surface area contributed by atoms with Crippen LogP contribution in [0, 0.1) is 32.5 Å². The quantitative estimate of drug-likeness (QED) is 0.741. The Hall–Kier alpha value is -2.63. The lowest BCUT2D eigenvalue weighted by Crippen LogP contribution is -2.34. The van der Waals surface area contributed by atoms with E-state index in [4.69, 9.17) is 0 Å². The second-order valence-corrected chi connectivity index (χ2v) is 6.49. The Bertz CT molecular complexity index is 708. The first-order chi connectivity index (χ1) is 11.8. The van der Waals surface area contributed by atoms with Gasteiger partial charge in [0, 0.05) is 36.9 Å². The van der Waals surface area contributed by atoms with E-state index in [9.17, 15) is 9.18 Å². The maximum absolute atomic E-state index is 13.3. The summed E-state index contributed by atoms with van der Waals surface area (Å²) >= 11 is 0. The molecule has 0 aliphatic carbocycles. The maximum atomic E-state index is 13.3. The lowest BCUT2D eigenvalue weighted by atomic mass is 10.1. The SMILES string of the molecule is Cc1cc(F)cc(NC(=O)NCC(C)CNc2c(C)cncc2C)c1. The van der Waals surface area contributed by atoms with Crippen LogP contribution in [0.3, 0.4) is 0 Å². The molecule has 0 spiro atoms. The van der Waals surface area contributed by atoms with Crippen molar-refractivity contribution in [2.24, 2.45) is 5.92 Å². The van der Waals surface area contributed by atoms with Gasteiger partial charge in [0.2, 0.25) is 0 Å². The van der Waals surface area contributed by atoms with Gasteiger partial charge in [0.25, 0.3) is 0 Å². The minimum Gasteiger partial charge on any atom is -0.384 e. The Morgan fingerprint density at radius 3 is 2.44 bits per heavy atom. The van der Waals surface area contributed by atoms with E-state index in [1.807, 2.05) is 33.2 Å². The van der Waals surface area contributed by atoms with Gasteiger partial charge in [-0.2, -0.15) is 0 Å². The number of hydrogen-bond donors (Lipinski definition) is 3. The van der Waals surface area contributed by atoms with Gasteiger partial charge < -0.3 is 16.0 Å². The number of aryl methyl sites for hydroxylation is 3. The van der Waals surface area contributed by atoms with Crippen LogP contribution in [0.15, 0.2) is 30.6 Å². The minimum absolute atomic E-state index is 0.229. The number of nitrogens with zero attached hydrogens (tertiary/aromatic N) is 1. The topological polar surface area (TPSA) is 66.1 Å². The summed E-state index contributed by atoms with van der Waals surface area (Å²) in [6.45, 7) is 9.09. The Morgan fingerprint density at radius 2 is 1.80 bits per heavy atom. The summed E-state index contributed by atoms with van der Waals surface area (Å²) in [4.78, 5) is 16.1. The van der Waals surface area contributed by atoms with E-state index in [2.05, 4.69) is 20.9 Å². The van der Waals surface area contributed by atoms with Crippen LogP contribution in [0.25, 0.3) is 0 Å². The van der Waals surface area contributed by atoms with Gasteiger partial charge >= 0.3 is 6.03 Å². The summed E-state index contributed by atoms with van der Waals surface area (Å²) in [5.74, 6) is -0.136. The molecule has 0 fully saturated rings. The highest BCUT2D eigenvalue weighted by atomic mass is 19.1. The molecule has 3 N–H and O–H groups in total. The number of hydrogen-bond acceptors (Lipinski definition) is 3. The van der Waals surface area contributed by atoms with Gasteiger partial charge in [-0.25, -0.2) is 9.18 Å². The lowest BCUT2D eigenvalue weighted by molar-refractivity contribution is 0.250. The van der Waals surface area contributed by atoms with Crippen molar-refractivity contribution in [3.05, 3.63) is 53.1 Å². The highest BCUT2D eigenvalue weighted by Crippen LogP contribution is 2.18. The molecule has 0 aliphatic heterocycles. The number of anilines is 2. The van der Waals surface area contributed by atoms with Gasteiger partial charge in [-0.3, -0.25) is 4.98 Å². The lowest BCUT2D eigenvalue weighted by Gasteiger charge is -2.17. The largest absolute Gasteiger partial charge is 0.384 e. The molecule has 0 bridgehead atoms. The fourth-order valence-electron chi connectivity index (χ4n) is 2.58. The first-order valence-electron chi connectivity index (χ1n) is 8.32. The predicted octanol–water partition coefficient (Wildman–Crippen LogP) is 4.02. The van der Waals surface area contributed by atoms with Crippen molar-refractivity contribution in [3.8, 4) is 0 Å². The summed E-state index contributed by atoms with van der Waals surface area (Å²) in [6.07, 6.45) is 3.65. The Kier molecular flexibility index (Phi) is 6.33. The molecular weight excluding hydrogens is 319 g/mol. The maximum Gasteiger partial charge on any atom is 0.319 e. The molecule has 1 heterocycles. The van der Waals surface area contributed by atoms with Crippen molar-refractivity contribution in [1.29, 1.82) is 0 Å². The third-order valence-electron chi connectivity index (χ3n) is 3.86. The Morgan fingerprint density at radius 1 is 1.12 bits per heavy atom. The molecule has 5 nitrogen and oxygen atoms in total. The number of pyridine rings is 1. The molecule has 0 saturated heterocycles. The van der Waals surface area contributed by atoms with Gasteiger partial charge in [0.15, 0.2) is 0 Å². The van der Waals surface area contributed by atoms with E-state index in [1.54, 1.807) is 13.0 Å². The standard InChI is InChI=1S/C19H25FN4O/c1-12-5-16(20)7-17(6-12)24-19(25)23-9-13(2)8-22-18-14(3)10-21-11-15(18)4/h5-7,10-11,13H,8-9H2,1-4H3,(H,21,22)(H2,23,24,25). The molecule has 1 aromatic carbocycles. The summed E-state index contributed by atoms with van der Waals surface area (Å²) in [6, 6.07) is 4.10. The van der Waals surface area contributed by atoms with Crippen molar-refractivity contribution in [2.45, 2.75) is 27.7 Å². The highest BCUT2D eigenvalue weighted by molar-refractivity contribution is 5.89. The molecule has 25 heavy (non-hydrogen) atoms. The Labute approximate surface area is 148 Å². The number of carbonyl (C=O) groups excluding carboxylic acids is 1. The van der Waals surface area contributed by atoms with E-state index in [-0.39, 0.29) is 17.8 Å². The number of halogens is 1. The summed E-state index contributed by atoms with van der Waals surface area (Å²) < 4.78 is 13.3. The third kappa shape index (κ3) is 5.74. The fraction of sp³-hybridized carbons (Fsp3) is 0.368. The number of urea groups is 1. The monoisotopic (exact) mass is 344 g/mol. The third-order valence-corrected chi connectivity index (χ3v) is 3.86. The van der Waals surface area contributed by atoms with E-state index in [0.717, 1.165) is 28.9 Å². The Balaban J connectivity index is 1.79. The zero-order valence-corrected chi connectivity index (χ0v) is 15.1. The van der Waals surface area contributed by atoms with Gasteiger partial charge in [0.05, 0.1) is 0 Å². The number of rotatable bonds is 6. The molecule has 1 aromatic heterocycles. The molecule has 2 rings (SSSR count). The van der Waals surface area contributed by atoms with E-state index >= 15 is 0 Å². The van der Waals surface area contributed by atoms with Crippen LogP contribution in [-0.2, 0) is 0 Å². The molecule has 1 unspecified atom stereocenters. The summed E-state index contributed by atoms with van der Waals surface area (Å²) in [7, 11) is 0. The minimum atomic E-state index is -0.365. The first kappa shape index (κ1) is 18.7. The van der Waals surface area contributed by atoms with Crippen molar-refractivity contribution in [2.75, 3.05) is 23.7 Å². The van der Waals surface area contributed by atoms with Crippen LogP contribution in [0.1, 0.15) is 23.6 Å². The molecule has 6 heteroatoms. The second kappa shape index (κ2) is 8.46. The molecular formula is C19H25FN4O. The summed E-state index contributed by atoms with van der Waals surface area (Å²) in [5.41, 5.74) is 4.49. The number of amides is 2. The molecule has 1 atom stereocenters. The highest BCUT2D eigenvalue weighted by Gasteiger charge is 2.08. The zero-order valence-electron chi connectivity index (χ0n) is 15.1. The van der Waals surface area contributed by atoms with Crippen LogP contribution in [0.2, 0.25) is 0 Å². The van der Waals surface area contributed by atoms with Gasteiger partial charge in [-0.05, 0) is 61.6 Å². The van der Waals surface area contributed by atoms with Crippen molar-refractivity contribution in [3.63, 3.8) is 0 Å². The first-order valence-corrected chi connectivity index (χ1v) is 8.32. The van der Waals surface area contributed by atoms with Gasteiger partial charge in [0.1, 0.15) is 5.82 Å². The molecule has 134 valence electrons. The van der Waals surface area contributed by atoms with Crippen LogP contribution in [0.4, 0.5) is 20.6 Å². The zero-order chi connectivity index (χ0) is 18.4. The van der Waals surface area contributed by atoms with Crippen LogP contribution >= 0.6 is 0 Å². The molecule has 0 radical (unpaired) electrons. The van der Waals surface area contributed by atoms with Gasteiger partial charge in [-0.1, -0.05) is 6.92 Å². The van der Waals surface area contributed by atoms with Crippen LogP contribution in [0.5, 0.6) is 0 Å². The van der Waals surface area contributed by atoms with Crippen molar-refractivity contribution >= 4 is 17.4 Å². The average Bonchev–Trinajstić information content (AvgIpc) is 2.51. The van der Waals surface area contributed by atoms with Gasteiger partial charge in [-0.15, -0.1) is 0 Å². The predicted molar refractivity (Wildman–Crippen MR) is 99.5 cm³/mol. The van der Waals surface area contributed by atoms with Crippen LogP contribution < -0.4 is 16.0 Å². The number of aromatic nitrogens is 1. The van der Waals surface area contributed by atoms with E-state index in [0.29, 0.717) is 12.2 Å². The molecule has 2 amide bonds. The second-order valence-electron chi connectivity index (χ2n) is 6.49. The summed E-state index contributed by atoms with van der Waals surface area (Å²) in [5, 5.41) is 8.87. The smallest absolute Gasteiger partial charge is 0.319 e. The number of nitrogens with one attached hydrogen (secondary N) is 3. The molecule has 0 aliphatic rings. The van der Waals surface area contributed by atoms with Crippen molar-refractivity contribution in [1.82, 2.24) is 10.3 Å². The van der Waals surface area contributed by atoms with E-state index < -0.39 is 0 Å². The van der Waals surface area contributed by atoms with E-state index in [1.165, 1.54) is 12.1 Å². The normalized spacial score (nSPS) is 11.7. The van der Waals surface area contributed by atoms with Crippen molar-refractivity contribution < 1.29 is 9.18 Å². The molecule has 2 aromatic rings.